The molecule has 0 amide bonds. The molecule has 4 saturated carbocycles. The van der Waals surface area contributed by atoms with E-state index in [1.54, 1.807) is 0 Å². The average Bonchev–Trinajstić information content (AvgIpc) is 3.08. The zero-order valence-electron chi connectivity index (χ0n) is 19.0. The fourth-order valence-corrected chi connectivity index (χ4v) is 9.64. The molecule has 0 aromatic heterocycles. The summed E-state index contributed by atoms with van der Waals surface area (Å²) in [4.78, 5) is 2.58. The van der Waals surface area contributed by atoms with Gasteiger partial charge in [0.2, 0.25) is 0 Å². The number of hydrogen-bond donors (Lipinski definition) is 2. The zero-order valence-corrected chi connectivity index (χ0v) is 19.0. The van der Waals surface area contributed by atoms with Gasteiger partial charge < -0.3 is 24.6 Å². The fourth-order valence-electron chi connectivity index (χ4n) is 9.64. The molecule has 8 rings (SSSR count). The van der Waals surface area contributed by atoms with Gasteiger partial charge in [0.25, 0.3) is 0 Å². The van der Waals surface area contributed by atoms with Gasteiger partial charge in [-0.1, -0.05) is 12.5 Å². The summed E-state index contributed by atoms with van der Waals surface area (Å²) in [5.74, 6) is 1.38. The van der Waals surface area contributed by atoms with Crippen molar-refractivity contribution in [2.75, 3.05) is 20.7 Å². The van der Waals surface area contributed by atoms with Crippen molar-refractivity contribution >= 4 is 0 Å². The minimum absolute atomic E-state index is 0.0502. The topological polar surface area (TPSA) is 62.2 Å². The maximum atomic E-state index is 12.0. The van der Waals surface area contributed by atoms with Crippen molar-refractivity contribution in [3.8, 4) is 11.5 Å². The van der Waals surface area contributed by atoms with Gasteiger partial charge in [0.05, 0.1) is 5.60 Å². The van der Waals surface area contributed by atoms with Crippen LogP contribution in [-0.2, 0) is 16.6 Å². The van der Waals surface area contributed by atoms with Crippen molar-refractivity contribution < 1.29 is 19.7 Å². The lowest BCUT2D eigenvalue weighted by molar-refractivity contribution is -0.309. The quantitative estimate of drug-likeness (QED) is 0.777. The van der Waals surface area contributed by atoms with Crippen molar-refractivity contribution in [2.24, 2.45) is 17.3 Å². The molecular formula is C26H35NO4. The first kappa shape index (κ1) is 19.2. The normalized spacial score (nSPS) is 46.8. The third kappa shape index (κ3) is 1.83. The van der Waals surface area contributed by atoms with Crippen LogP contribution < -0.4 is 4.74 Å². The Hall–Kier alpha value is -1.30. The van der Waals surface area contributed by atoms with E-state index in [9.17, 15) is 10.2 Å². The number of rotatable bonds is 3. The van der Waals surface area contributed by atoms with Gasteiger partial charge >= 0.3 is 0 Å². The van der Waals surface area contributed by atoms with Gasteiger partial charge in [-0.3, -0.25) is 0 Å². The van der Waals surface area contributed by atoms with Crippen molar-refractivity contribution in [2.45, 2.75) is 87.1 Å². The van der Waals surface area contributed by atoms with E-state index in [-0.39, 0.29) is 28.6 Å². The van der Waals surface area contributed by atoms with Gasteiger partial charge in [-0.15, -0.1) is 0 Å². The highest BCUT2D eigenvalue weighted by Gasteiger charge is 2.82. The molecule has 7 aliphatic rings. The molecule has 7 atom stereocenters. The van der Waals surface area contributed by atoms with Gasteiger partial charge in [-0.25, -0.2) is 0 Å². The number of phenols is 1. The maximum absolute atomic E-state index is 12.0. The monoisotopic (exact) mass is 425 g/mol. The lowest BCUT2D eigenvalue weighted by atomic mass is 9.33. The molecule has 1 saturated heterocycles. The highest BCUT2D eigenvalue weighted by atomic mass is 16.6. The predicted molar refractivity (Wildman–Crippen MR) is 116 cm³/mol. The first-order valence-corrected chi connectivity index (χ1v) is 12.3. The molecule has 4 bridgehead atoms. The summed E-state index contributed by atoms with van der Waals surface area (Å²) in [6.45, 7) is 3.13. The lowest BCUT2D eigenvalue weighted by Gasteiger charge is -2.75. The summed E-state index contributed by atoms with van der Waals surface area (Å²) in [5.41, 5.74) is 1.31. The highest BCUT2D eigenvalue weighted by Crippen LogP contribution is 2.77. The van der Waals surface area contributed by atoms with E-state index in [0.29, 0.717) is 17.7 Å². The number of aliphatic hydroxyl groups is 1. The van der Waals surface area contributed by atoms with Crippen LogP contribution in [-0.4, -0.2) is 59.2 Å². The molecule has 1 aromatic rings. The van der Waals surface area contributed by atoms with E-state index in [0.717, 1.165) is 51.5 Å². The molecule has 31 heavy (non-hydrogen) atoms. The number of fused-ring (bicyclic) bond motifs is 2. The smallest absolute Gasteiger partial charge is 0.165 e. The number of aromatic hydroxyl groups is 1. The molecular weight excluding hydrogens is 390 g/mol. The number of phenolic OH excluding ortho intramolecular Hbond substituents is 1. The Balaban J connectivity index is 1.50. The van der Waals surface area contributed by atoms with Crippen LogP contribution in [0.4, 0.5) is 0 Å². The van der Waals surface area contributed by atoms with E-state index < -0.39 is 11.2 Å². The van der Waals surface area contributed by atoms with E-state index >= 15 is 0 Å². The maximum Gasteiger partial charge on any atom is 0.165 e. The van der Waals surface area contributed by atoms with E-state index in [1.165, 1.54) is 17.5 Å². The van der Waals surface area contributed by atoms with Crippen LogP contribution in [0.15, 0.2) is 12.1 Å². The first-order chi connectivity index (χ1) is 14.8. The first-order valence-electron chi connectivity index (χ1n) is 12.3. The molecule has 2 N–H and O–H groups in total. The molecule has 2 spiro atoms. The molecule has 5 heteroatoms. The van der Waals surface area contributed by atoms with Gasteiger partial charge in [-0.05, 0) is 83.0 Å². The Labute approximate surface area is 184 Å². The summed E-state index contributed by atoms with van der Waals surface area (Å²) in [6.07, 6.45) is 8.39. The second-order valence-corrected chi connectivity index (χ2v) is 11.8. The Morgan fingerprint density at radius 1 is 1.23 bits per heavy atom. The van der Waals surface area contributed by atoms with Crippen LogP contribution in [0.1, 0.15) is 63.0 Å². The number of likely N-dealkylation sites (N-methyl/N-ethyl adjacent to an activating group) is 1. The van der Waals surface area contributed by atoms with Crippen molar-refractivity contribution in [1.82, 2.24) is 4.90 Å². The fraction of sp³-hybridized carbons (Fsp3) is 0.769. The number of nitrogens with zero attached hydrogens (tertiary/aromatic N) is 1. The zero-order chi connectivity index (χ0) is 21.4. The summed E-state index contributed by atoms with van der Waals surface area (Å²) >= 11 is 0. The van der Waals surface area contributed by atoms with Crippen LogP contribution >= 0.6 is 0 Å². The van der Waals surface area contributed by atoms with E-state index in [4.69, 9.17) is 9.47 Å². The summed E-state index contributed by atoms with van der Waals surface area (Å²) < 4.78 is 13.3. The summed E-state index contributed by atoms with van der Waals surface area (Å²) in [5, 5.41) is 22.9. The van der Waals surface area contributed by atoms with Gasteiger partial charge in [0.15, 0.2) is 11.5 Å². The Morgan fingerprint density at radius 3 is 2.74 bits per heavy atom. The molecule has 2 heterocycles. The average molecular weight is 426 g/mol. The second-order valence-electron chi connectivity index (χ2n) is 11.8. The minimum atomic E-state index is -0.753. The molecule has 168 valence electrons. The van der Waals surface area contributed by atoms with Crippen LogP contribution in [0.3, 0.4) is 0 Å². The third-order valence-corrected chi connectivity index (χ3v) is 11.3. The van der Waals surface area contributed by atoms with E-state index in [2.05, 4.69) is 24.9 Å². The van der Waals surface area contributed by atoms with Crippen molar-refractivity contribution in [1.29, 1.82) is 0 Å². The molecule has 5 nitrogen and oxygen atoms in total. The summed E-state index contributed by atoms with van der Waals surface area (Å²) in [7, 11) is 4.12. The third-order valence-electron chi connectivity index (χ3n) is 11.3. The van der Waals surface area contributed by atoms with Crippen molar-refractivity contribution in [3.63, 3.8) is 0 Å². The number of methoxy groups -OCH3 is 1. The molecule has 2 aliphatic heterocycles. The van der Waals surface area contributed by atoms with Gasteiger partial charge in [0.1, 0.15) is 11.7 Å². The largest absolute Gasteiger partial charge is 0.504 e. The Bertz CT molecular complexity index is 972. The molecule has 5 fully saturated rings. The molecule has 0 radical (unpaired) electrons. The van der Waals surface area contributed by atoms with Gasteiger partial charge in [0, 0.05) is 35.5 Å². The van der Waals surface area contributed by atoms with Crippen molar-refractivity contribution in [3.05, 3.63) is 23.3 Å². The van der Waals surface area contributed by atoms with Crippen LogP contribution in [0.25, 0.3) is 0 Å². The van der Waals surface area contributed by atoms with Gasteiger partial charge in [-0.2, -0.15) is 0 Å². The predicted octanol–water partition coefficient (Wildman–Crippen LogP) is 3.39. The number of benzene rings is 1. The second kappa shape index (κ2) is 5.60. The minimum Gasteiger partial charge on any atom is -0.504 e. The molecule has 1 aromatic carbocycles. The lowest BCUT2D eigenvalue weighted by Crippen LogP contribution is -2.82. The highest BCUT2D eigenvalue weighted by molar-refractivity contribution is 5.63. The Kier molecular flexibility index (Phi) is 3.47. The van der Waals surface area contributed by atoms with Crippen LogP contribution in [0, 0.1) is 17.3 Å². The molecule has 5 aliphatic carbocycles. The number of piperidine rings is 1. The van der Waals surface area contributed by atoms with Crippen LogP contribution in [0.5, 0.6) is 11.5 Å². The molecule has 1 unspecified atom stereocenters. The Morgan fingerprint density at radius 2 is 2.03 bits per heavy atom. The van der Waals surface area contributed by atoms with Crippen LogP contribution in [0.2, 0.25) is 0 Å². The number of ether oxygens (including phenoxy) is 2. The standard InChI is InChI=1S/C26H35NO4/c1-23(29,16-5-4-6-16)18-14-24-9-10-26(18,30-3)22-25(24)11-12-27(2)19(24)13-15-7-8-17(28)21(31-22)20(15)25/h7-8,16,18-19,22,28-29H,4-6,9-14H2,1-3H3/t18-,19?,22-,23+,24-,25+,26-/m1/s1. The van der Waals surface area contributed by atoms with E-state index in [1.807, 2.05) is 13.2 Å². The number of hydrogen-bond acceptors (Lipinski definition) is 5. The number of likely N-dealkylation sites (tertiary alicyclic amines) is 1. The summed E-state index contributed by atoms with van der Waals surface area (Å²) in [6, 6.07) is 4.40. The SMILES string of the molecule is CO[C@]12CC[C@@]3(C[C@@H]1[C@@](C)(O)C1CCC1)C1Cc4ccc(O)c5c4[C@@]3(CCN1C)[C@H]2O5.